The van der Waals surface area contributed by atoms with E-state index in [1.165, 1.54) is 0 Å². The van der Waals surface area contributed by atoms with Gasteiger partial charge in [-0.1, -0.05) is 25.6 Å². The van der Waals surface area contributed by atoms with Crippen LogP contribution in [0.25, 0.3) is 0 Å². The van der Waals surface area contributed by atoms with Crippen LogP contribution >= 0.6 is 11.8 Å². The maximum Gasteiger partial charge on any atom is 0.237 e. The molecule has 0 radical (unpaired) electrons. The van der Waals surface area contributed by atoms with Crippen LogP contribution in [-0.2, 0) is 4.79 Å². The van der Waals surface area contributed by atoms with Crippen LogP contribution in [0.15, 0.2) is 11.2 Å². The van der Waals surface area contributed by atoms with Crippen LogP contribution in [0.2, 0.25) is 0 Å². The molecule has 5 nitrogen and oxygen atoms in total. The molecule has 0 saturated heterocycles. The summed E-state index contributed by atoms with van der Waals surface area (Å²) in [5, 5.41) is 4.20. The molecule has 0 aromatic carbocycles. The second-order valence-electron chi connectivity index (χ2n) is 5.69. The Kier molecular flexibility index (Phi) is 6.61. The lowest BCUT2D eigenvalue weighted by molar-refractivity contribution is -0.124. The van der Waals surface area contributed by atoms with Gasteiger partial charge in [-0.25, -0.2) is 9.97 Å². The van der Waals surface area contributed by atoms with Gasteiger partial charge in [0.05, 0.1) is 5.54 Å². The quantitative estimate of drug-likeness (QED) is 0.568. The maximum absolute atomic E-state index is 11.7. The van der Waals surface area contributed by atoms with E-state index in [0.29, 0.717) is 6.42 Å². The third kappa shape index (κ3) is 5.63. The summed E-state index contributed by atoms with van der Waals surface area (Å²) in [6.45, 7) is 10.7. The molecule has 2 unspecified atom stereocenters. The number of nitrogens with zero attached hydrogens (tertiary/aromatic N) is 2. The molecule has 21 heavy (non-hydrogen) atoms. The van der Waals surface area contributed by atoms with Crippen molar-refractivity contribution in [3.8, 4) is 0 Å². The monoisotopic (exact) mass is 310 g/mol. The molecular formula is C15H26N4OS. The van der Waals surface area contributed by atoms with Gasteiger partial charge in [-0.15, -0.1) is 0 Å². The molecule has 1 amide bonds. The van der Waals surface area contributed by atoms with Crippen LogP contribution in [0.4, 0.5) is 0 Å². The second-order valence-corrected chi connectivity index (χ2v) is 7.09. The number of hydrogen-bond acceptors (Lipinski definition) is 5. The molecule has 0 aliphatic heterocycles. The largest absolute Gasteiger partial charge is 0.368 e. The van der Waals surface area contributed by atoms with E-state index in [9.17, 15) is 4.79 Å². The first-order valence-electron chi connectivity index (χ1n) is 7.30. The van der Waals surface area contributed by atoms with Crippen molar-refractivity contribution in [1.82, 2.24) is 15.3 Å². The van der Waals surface area contributed by atoms with Gasteiger partial charge in [-0.05, 0) is 46.2 Å². The Balaban J connectivity index is 2.73. The van der Waals surface area contributed by atoms with Gasteiger partial charge in [0, 0.05) is 16.6 Å². The van der Waals surface area contributed by atoms with E-state index in [2.05, 4.69) is 29.1 Å². The Hall–Kier alpha value is -1.14. The Bertz CT molecular complexity index is 474. The molecule has 3 N–H and O–H groups in total. The lowest BCUT2D eigenvalue weighted by atomic mass is 9.95. The molecule has 6 heteroatoms. The average molecular weight is 310 g/mol. The summed E-state index contributed by atoms with van der Waals surface area (Å²) in [6, 6.07) is 1.95. The minimum Gasteiger partial charge on any atom is -0.368 e. The van der Waals surface area contributed by atoms with Crippen LogP contribution in [0.1, 0.15) is 45.0 Å². The molecule has 0 saturated carbocycles. The smallest absolute Gasteiger partial charge is 0.237 e. The van der Waals surface area contributed by atoms with E-state index >= 15 is 0 Å². The fraction of sp³-hybridized carbons (Fsp3) is 0.667. The first-order chi connectivity index (χ1) is 9.76. The summed E-state index contributed by atoms with van der Waals surface area (Å²) >= 11 is 1.58. The number of nitrogens with two attached hydrogens (primary N) is 1. The molecule has 1 aromatic heterocycles. The standard InChI is InChI=1S/C15H26N4OS/c1-6-7-17-15(5,13(16)20)9-12(4)21-14-18-10(2)8-11(3)19-14/h8,12,17H,6-7,9H2,1-5H3,(H2,16,20). The van der Waals surface area contributed by atoms with Gasteiger partial charge in [0.25, 0.3) is 0 Å². The summed E-state index contributed by atoms with van der Waals surface area (Å²) in [4.78, 5) is 20.6. The molecule has 0 aliphatic carbocycles. The Labute approximate surface area is 131 Å². The van der Waals surface area contributed by atoms with E-state index in [-0.39, 0.29) is 11.2 Å². The maximum atomic E-state index is 11.7. The summed E-state index contributed by atoms with van der Waals surface area (Å²) in [6.07, 6.45) is 1.61. The van der Waals surface area contributed by atoms with E-state index in [4.69, 9.17) is 5.73 Å². The highest BCUT2D eigenvalue weighted by atomic mass is 32.2. The van der Waals surface area contributed by atoms with Gasteiger partial charge in [0.2, 0.25) is 5.91 Å². The molecule has 0 fully saturated rings. The summed E-state index contributed by atoms with van der Waals surface area (Å²) in [5.41, 5.74) is 6.78. The van der Waals surface area contributed by atoms with E-state index in [1.807, 2.05) is 26.8 Å². The first kappa shape index (κ1) is 17.9. The van der Waals surface area contributed by atoms with Crippen molar-refractivity contribution >= 4 is 17.7 Å². The van der Waals surface area contributed by atoms with E-state index in [1.54, 1.807) is 11.8 Å². The number of carbonyl (C=O) groups excluding carboxylic acids is 1. The van der Waals surface area contributed by atoms with Crippen LogP contribution < -0.4 is 11.1 Å². The summed E-state index contributed by atoms with van der Waals surface area (Å²) in [5.74, 6) is -0.315. The molecule has 0 aliphatic rings. The fourth-order valence-corrected chi connectivity index (χ4v) is 3.37. The third-order valence-electron chi connectivity index (χ3n) is 3.27. The van der Waals surface area contributed by atoms with Crippen molar-refractivity contribution in [3.63, 3.8) is 0 Å². The summed E-state index contributed by atoms with van der Waals surface area (Å²) < 4.78 is 0. The molecule has 1 aromatic rings. The average Bonchev–Trinajstić information content (AvgIpc) is 2.34. The highest BCUT2D eigenvalue weighted by molar-refractivity contribution is 7.99. The minimum absolute atomic E-state index is 0.188. The SMILES string of the molecule is CCCNC(C)(CC(C)Sc1nc(C)cc(C)n1)C(N)=O. The van der Waals surface area contributed by atoms with Gasteiger partial charge in [0.15, 0.2) is 5.16 Å². The number of rotatable bonds is 8. The molecule has 1 rings (SSSR count). The van der Waals surface area contributed by atoms with Crippen molar-refractivity contribution < 1.29 is 4.79 Å². The lowest BCUT2D eigenvalue weighted by Crippen LogP contribution is -2.54. The molecule has 118 valence electrons. The number of aromatic nitrogens is 2. The van der Waals surface area contributed by atoms with E-state index in [0.717, 1.165) is 29.5 Å². The van der Waals surface area contributed by atoms with Gasteiger partial charge in [0.1, 0.15) is 0 Å². The highest BCUT2D eigenvalue weighted by Crippen LogP contribution is 2.26. The van der Waals surface area contributed by atoms with Gasteiger partial charge >= 0.3 is 0 Å². The highest BCUT2D eigenvalue weighted by Gasteiger charge is 2.32. The number of nitrogens with one attached hydrogen (secondary N) is 1. The zero-order valence-corrected chi connectivity index (χ0v) is 14.4. The zero-order valence-electron chi connectivity index (χ0n) is 13.6. The van der Waals surface area contributed by atoms with Crippen molar-refractivity contribution in [1.29, 1.82) is 0 Å². The number of primary amides is 1. The molecule has 1 heterocycles. The van der Waals surface area contributed by atoms with Crippen LogP contribution in [-0.4, -0.2) is 33.2 Å². The number of carbonyl (C=O) groups is 1. The number of hydrogen-bond donors (Lipinski definition) is 2. The van der Waals surface area contributed by atoms with Gasteiger partial charge < -0.3 is 11.1 Å². The number of thioether (sulfide) groups is 1. The first-order valence-corrected chi connectivity index (χ1v) is 8.18. The predicted octanol–water partition coefficient (Wildman–Crippen LogP) is 2.21. The molecule has 2 atom stereocenters. The second kappa shape index (κ2) is 7.75. The fourth-order valence-electron chi connectivity index (χ4n) is 2.20. The molecule has 0 bridgehead atoms. The Morgan fingerprint density at radius 3 is 2.48 bits per heavy atom. The lowest BCUT2D eigenvalue weighted by Gasteiger charge is -2.29. The molecular weight excluding hydrogens is 284 g/mol. The molecule has 0 spiro atoms. The summed E-state index contributed by atoms with van der Waals surface area (Å²) in [7, 11) is 0. The zero-order chi connectivity index (χ0) is 16.0. The van der Waals surface area contributed by atoms with Crippen LogP contribution in [0, 0.1) is 13.8 Å². The topological polar surface area (TPSA) is 80.9 Å². The third-order valence-corrected chi connectivity index (χ3v) is 4.24. The predicted molar refractivity (Wildman–Crippen MR) is 87.3 cm³/mol. The van der Waals surface area contributed by atoms with Crippen LogP contribution in [0.5, 0.6) is 0 Å². The normalized spacial score (nSPS) is 15.5. The number of aryl methyl sites for hydroxylation is 2. The minimum atomic E-state index is -0.693. The van der Waals surface area contributed by atoms with Gasteiger partial charge in [-0.2, -0.15) is 0 Å². The van der Waals surface area contributed by atoms with Crippen molar-refractivity contribution in [2.75, 3.05) is 6.54 Å². The number of amides is 1. The van der Waals surface area contributed by atoms with Crippen molar-refractivity contribution in [3.05, 3.63) is 17.5 Å². The van der Waals surface area contributed by atoms with Gasteiger partial charge in [-0.3, -0.25) is 4.79 Å². The van der Waals surface area contributed by atoms with E-state index < -0.39 is 5.54 Å². The van der Waals surface area contributed by atoms with Crippen molar-refractivity contribution in [2.45, 2.75) is 63.4 Å². The van der Waals surface area contributed by atoms with Crippen molar-refractivity contribution in [2.24, 2.45) is 5.73 Å². The Morgan fingerprint density at radius 1 is 1.43 bits per heavy atom. The Morgan fingerprint density at radius 2 is 2.00 bits per heavy atom. The van der Waals surface area contributed by atoms with Crippen LogP contribution in [0.3, 0.4) is 0 Å².